The highest BCUT2D eigenvalue weighted by Crippen LogP contribution is 2.43. The number of phosphoric ester groups is 1. The number of amides is 1. The van der Waals surface area contributed by atoms with Crippen molar-refractivity contribution in [2.75, 3.05) is 19.8 Å². The van der Waals surface area contributed by atoms with Crippen molar-refractivity contribution >= 4 is 13.7 Å². The van der Waals surface area contributed by atoms with E-state index in [-0.39, 0.29) is 25.7 Å². The summed E-state index contributed by atoms with van der Waals surface area (Å²) in [6, 6.07) is -0.897. The molecule has 274 valence electrons. The first-order chi connectivity index (χ1) is 23.4. The Labute approximate surface area is 292 Å². The van der Waals surface area contributed by atoms with Gasteiger partial charge in [0.25, 0.3) is 0 Å². The lowest BCUT2D eigenvalue weighted by Gasteiger charge is -2.23. The molecule has 0 saturated heterocycles. The second-order valence-corrected chi connectivity index (χ2v) is 13.1. The molecular weight excluding hydrogens is 623 g/mol. The molecule has 0 fully saturated rings. The summed E-state index contributed by atoms with van der Waals surface area (Å²) in [6.45, 7) is 3.89. The lowest BCUT2D eigenvalue weighted by molar-refractivity contribution is -0.123. The van der Waals surface area contributed by atoms with E-state index in [1.165, 1.54) is 25.7 Å². The number of hydrogen-bond donors (Lipinski definition) is 4. The van der Waals surface area contributed by atoms with Crippen molar-refractivity contribution in [3.05, 3.63) is 85.1 Å². The van der Waals surface area contributed by atoms with Crippen LogP contribution in [0, 0.1) is 0 Å². The lowest BCUT2D eigenvalue weighted by atomic mass is 10.1. The normalized spacial score (nSPS) is 15.4. The number of carbonyl (C=O) groups is 1. The highest BCUT2D eigenvalue weighted by Gasteiger charge is 2.26. The van der Waals surface area contributed by atoms with E-state index >= 15 is 0 Å². The van der Waals surface area contributed by atoms with E-state index in [4.69, 9.17) is 14.8 Å². The Hall–Kier alpha value is -2.32. The van der Waals surface area contributed by atoms with E-state index in [9.17, 15) is 19.4 Å². The lowest BCUT2D eigenvalue weighted by Crippen LogP contribution is -2.45. The fourth-order valence-corrected chi connectivity index (χ4v) is 5.22. The smallest absolute Gasteiger partial charge is 0.387 e. The van der Waals surface area contributed by atoms with Crippen LogP contribution in [0.5, 0.6) is 0 Å². The molecule has 0 aromatic rings. The molecule has 0 rings (SSSR count). The Morgan fingerprint density at radius 3 is 1.81 bits per heavy atom. The number of aliphatic hydroxyl groups is 1. The summed E-state index contributed by atoms with van der Waals surface area (Å²) >= 11 is 0. The van der Waals surface area contributed by atoms with Crippen molar-refractivity contribution in [1.82, 2.24) is 5.32 Å². The van der Waals surface area contributed by atoms with Crippen molar-refractivity contribution in [2.45, 2.75) is 135 Å². The summed E-state index contributed by atoms with van der Waals surface area (Å²) in [5.74, 6) is -0.243. The van der Waals surface area contributed by atoms with Gasteiger partial charge in [-0.2, -0.15) is 0 Å². The van der Waals surface area contributed by atoms with E-state index in [1.54, 1.807) is 6.08 Å². The van der Waals surface area contributed by atoms with E-state index in [2.05, 4.69) is 92.1 Å². The van der Waals surface area contributed by atoms with Crippen LogP contribution in [0.25, 0.3) is 0 Å². The Balaban J connectivity index is 4.42. The second-order valence-electron chi connectivity index (χ2n) is 11.7. The SMILES string of the molecule is CC/C=C\C/C=C\C/C=C\C/C=C\C/C=C\CCCCCC(=O)NC(COP(=O)(O)OCCN)C(O)/C=C/CC/C=C/CCCCCC. The molecule has 5 N–H and O–H groups in total. The molecule has 0 heterocycles. The molecule has 0 bridgehead atoms. The van der Waals surface area contributed by atoms with E-state index in [0.29, 0.717) is 12.8 Å². The molecule has 8 nitrogen and oxygen atoms in total. The quantitative estimate of drug-likeness (QED) is 0.0314. The van der Waals surface area contributed by atoms with Crippen LogP contribution in [-0.4, -0.2) is 47.8 Å². The van der Waals surface area contributed by atoms with Gasteiger partial charge in [0.2, 0.25) is 5.91 Å². The summed E-state index contributed by atoms with van der Waals surface area (Å²) in [5.41, 5.74) is 5.34. The molecule has 0 saturated carbocycles. The molecule has 0 aliphatic carbocycles. The summed E-state index contributed by atoms with van der Waals surface area (Å²) in [7, 11) is -4.35. The predicted molar refractivity (Wildman–Crippen MR) is 203 cm³/mol. The van der Waals surface area contributed by atoms with Crippen molar-refractivity contribution in [3.63, 3.8) is 0 Å². The maximum atomic E-state index is 12.7. The van der Waals surface area contributed by atoms with E-state index in [1.807, 2.05) is 6.08 Å². The van der Waals surface area contributed by atoms with Gasteiger partial charge >= 0.3 is 7.82 Å². The zero-order chi connectivity index (χ0) is 35.4. The van der Waals surface area contributed by atoms with Gasteiger partial charge in [0.05, 0.1) is 25.4 Å². The molecule has 0 aliphatic rings. The molecule has 0 radical (unpaired) electrons. The molecule has 3 unspecified atom stereocenters. The highest BCUT2D eigenvalue weighted by molar-refractivity contribution is 7.47. The Bertz CT molecular complexity index is 1020. The van der Waals surface area contributed by atoms with Crippen LogP contribution in [0.1, 0.15) is 123 Å². The number of allylic oxidation sites excluding steroid dienone is 13. The monoisotopic (exact) mass is 690 g/mol. The van der Waals surface area contributed by atoms with Gasteiger partial charge in [-0.25, -0.2) is 4.57 Å². The third kappa shape index (κ3) is 32.2. The zero-order valence-electron chi connectivity index (χ0n) is 29.9. The largest absolute Gasteiger partial charge is 0.472 e. The first-order valence-corrected chi connectivity index (χ1v) is 19.7. The third-order valence-corrected chi connectivity index (χ3v) is 8.19. The van der Waals surface area contributed by atoms with Crippen molar-refractivity contribution in [1.29, 1.82) is 0 Å². The standard InChI is InChI=1S/C39H67N2O6P/c1-3-5-7-9-11-13-15-16-17-18-19-20-21-22-23-25-27-29-31-33-39(43)41-37(36-47-48(44,45)46-35-34-40)38(42)32-30-28-26-24-14-12-10-8-6-4-2/h5,7,11,13-14,16-17,19-20,22-24,30,32,37-38,42H,3-4,6,8-10,12,15,18,21,25-29,31,33-36,40H2,1-2H3,(H,41,43)(H,44,45)/b7-5-,13-11-,17-16-,20-19-,23-22-,24-14+,32-30+. The van der Waals surface area contributed by atoms with Gasteiger partial charge in [0, 0.05) is 13.0 Å². The van der Waals surface area contributed by atoms with Gasteiger partial charge in [0.15, 0.2) is 0 Å². The molecule has 48 heavy (non-hydrogen) atoms. The second kappa shape index (κ2) is 34.5. The molecule has 0 aliphatic heterocycles. The van der Waals surface area contributed by atoms with Crippen LogP contribution in [0.4, 0.5) is 0 Å². The average Bonchev–Trinajstić information content (AvgIpc) is 3.07. The number of hydrogen-bond acceptors (Lipinski definition) is 6. The van der Waals surface area contributed by atoms with Gasteiger partial charge < -0.3 is 21.1 Å². The number of unbranched alkanes of at least 4 members (excludes halogenated alkanes) is 8. The van der Waals surface area contributed by atoms with Crippen molar-refractivity contribution < 1.29 is 28.4 Å². The topological polar surface area (TPSA) is 131 Å². The summed E-state index contributed by atoms with van der Waals surface area (Å²) in [4.78, 5) is 22.5. The van der Waals surface area contributed by atoms with Crippen LogP contribution in [0.3, 0.4) is 0 Å². The summed E-state index contributed by atoms with van der Waals surface area (Å²) < 4.78 is 21.9. The molecule has 3 atom stereocenters. The average molecular weight is 691 g/mol. The van der Waals surface area contributed by atoms with Crippen molar-refractivity contribution in [2.24, 2.45) is 5.73 Å². The maximum absolute atomic E-state index is 12.7. The third-order valence-electron chi connectivity index (χ3n) is 7.20. The number of phosphoric acid groups is 1. The number of rotatable bonds is 32. The number of nitrogens with two attached hydrogens (primary N) is 1. The predicted octanol–water partition coefficient (Wildman–Crippen LogP) is 9.49. The molecule has 0 aromatic heterocycles. The first kappa shape index (κ1) is 45.7. The minimum atomic E-state index is -4.35. The number of carbonyl (C=O) groups excluding carboxylic acids is 1. The molecule has 0 aromatic carbocycles. The van der Waals surface area contributed by atoms with Gasteiger partial charge in [-0.05, 0) is 77.0 Å². The molecule has 1 amide bonds. The molecule has 0 spiro atoms. The Kier molecular flexibility index (Phi) is 32.9. The Morgan fingerprint density at radius 2 is 1.23 bits per heavy atom. The van der Waals surface area contributed by atoms with Crippen LogP contribution in [0.2, 0.25) is 0 Å². The van der Waals surface area contributed by atoms with Gasteiger partial charge in [-0.1, -0.05) is 125 Å². The Morgan fingerprint density at radius 1 is 0.708 bits per heavy atom. The van der Waals surface area contributed by atoms with Gasteiger partial charge in [0.1, 0.15) is 0 Å². The van der Waals surface area contributed by atoms with E-state index < -0.39 is 20.0 Å². The minimum Gasteiger partial charge on any atom is -0.387 e. The zero-order valence-corrected chi connectivity index (χ0v) is 30.8. The van der Waals surface area contributed by atoms with Crippen molar-refractivity contribution in [3.8, 4) is 0 Å². The summed E-state index contributed by atoms with van der Waals surface area (Å²) in [6.07, 6.45) is 44.9. The maximum Gasteiger partial charge on any atom is 0.472 e. The number of nitrogens with one attached hydrogen (secondary N) is 1. The fourth-order valence-electron chi connectivity index (χ4n) is 4.46. The van der Waals surface area contributed by atoms with Crippen LogP contribution in [0.15, 0.2) is 85.1 Å². The fraction of sp³-hybridized carbons (Fsp3) is 0.615. The minimum absolute atomic E-state index is 0.0632. The highest BCUT2D eigenvalue weighted by atomic mass is 31.2. The summed E-state index contributed by atoms with van der Waals surface area (Å²) in [5, 5.41) is 13.5. The van der Waals surface area contributed by atoms with E-state index in [0.717, 1.165) is 70.6 Å². The van der Waals surface area contributed by atoms with Crippen LogP contribution in [-0.2, 0) is 18.4 Å². The number of aliphatic hydroxyl groups excluding tert-OH is 1. The molecular formula is C39H67N2O6P. The first-order valence-electron chi connectivity index (χ1n) is 18.2. The van der Waals surface area contributed by atoms with Crippen LogP contribution >= 0.6 is 7.82 Å². The van der Waals surface area contributed by atoms with Gasteiger partial charge in [-0.15, -0.1) is 0 Å². The van der Waals surface area contributed by atoms with Crippen LogP contribution < -0.4 is 11.1 Å². The van der Waals surface area contributed by atoms with Gasteiger partial charge in [-0.3, -0.25) is 13.8 Å². The molecule has 9 heteroatoms.